The molecule has 1 aromatic rings. The Morgan fingerprint density at radius 1 is 1.25 bits per heavy atom. The van der Waals surface area contributed by atoms with Crippen molar-refractivity contribution < 1.29 is 9.50 Å². The van der Waals surface area contributed by atoms with E-state index in [1.807, 2.05) is 18.2 Å². The molecule has 0 spiro atoms. The van der Waals surface area contributed by atoms with Gasteiger partial charge in [0.15, 0.2) is 0 Å². The lowest BCUT2D eigenvalue weighted by Gasteiger charge is -2.07. The fraction of sp³-hybridized carbons (Fsp3) is 0.429. The van der Waals surface area contributed by atoms with Crippen LogP contribution in [0.1, 0.15) is 31.2 Å². The third-order valence-electron chi connectivity index (χ3n) is 3.05. The Labute approximate surface area is 95.6 Å². The zero-order chi connectivity index (χ0) is 11.4. The summed E-state index contributed by atoms with van der Waals surface area (Å²) in [4.78, 5) is 0. The maximum atomic E-state index is 13.5. The molecular weight excluding hydrogens is 203 g/mol. The van der Waals surface area contributed by atoms with Crippen LogP contribution in [0.4, 0.5) is 4.39 Å². The van der Waals surface area contributed by atoms with Crippen LogP contribution in [0.2, 0.25) is 0 Å². The van der Waals surface area contributed by atoms with Crippen molar-refractivity contribution in [3.8, 4) is 0 Å². The second-order valence-corrected chi connectivity index (χ2v) is 4.41. The Bertz CT molecular complexity index is 384. The highest BCUT2D eigenvalue weighted by Gasteiger charge is 2.11. The maximum Gasteiger partial charge on any atom is 0.126 e. The molecule has 2 rings (SSSR count). The Balaban J connectivity index is 2.11. The summed E-state index contributed by atoms with van der Waals surface area (Å²) in [6, 6.07) is 6.86. The molecule has 0 amide bonds. The summed E-state index contributed by atoms with van der Waals surface area (Å²) >= 11 is 0. The number of halogens is 1. The van der Waals surface area contributed by atoms with E-state index >= 15 is 0 Å². The highest BCUT2D eigenvalue weighted by molar-refractivity contribution is 5.24. The van der Waals surface area contributed by atoms with Crippen molar-refractivity contribution in [3.05, 3.63) is 47.3 Å². The summed E-state index contributed by atoms with van der Waals surface area (Å²) in [5.74, 6) is -0.151. The molecule has 0 aromatic heterocycles. The molecule has 0 bridgehead atoms. The first-order valence-electron chi connectivity index (χ1n) is 5.87. The minimum atomic E-state index is -0.343. The Kier molecular flexibility index (Phi) is 3.73. The molecule has 1 atom stereocenters. The van der Waals surface area contributed by atoms with Crippen LogP contribution in [0, 0.1) is 5.82 Å². The first kappa shape index (κ1) is 11.3. The highest BCUT2D eigenvalue weighted by Crippen LogP contribution is 2.22. The molecule has 0 saturated heterocycles. The predicted molar refractivity (Wildman–Crippen MR) is 62.7 cm³/mol. The van der Waals surface area contributed by atoms with Gasteiger partial charge in [-0.3, -0.25) is 0 Å². The zero-order valence-electron chi connectivity index (χ0n) is 9.32. The van der Waals surface area contributed by atoms with Gasteiger partial charge in [0.1, 0.15) is 5.82 Å². The van der Waals surface area contributed by atoms with E-state index in [0.29, 0.717) is 6.42 Å². The van der Waals surface area contributed by atoms with Gasteiger partial charge in [0, 0.05) is 0 Å². The van der Waals surface area contributed by atoms with E-state index in [0.717, 1.165) is 36.8 Å². The minimum absolute atomic E-state index is 0.151. The summed E-state index contributed by atoms with van der Waals surface area (Å²) in [5.41, 5.74) is 1.89. The fourth-order valence-electron chi connectivity index (χ4n) is 2.18. The molecule has 2 heteroatoms. The molecule has 0 aliphatic heterocycles. The number of allylic oxidation sites excluding steroid dienone is 1. The van der Waals surface area contributed by atoms with Crippen molar-refractivity contribution in [2.75, 3.05) is 0 Å². The molecule has 1 nitrogen and oxygen atoms in total. The second-order valence-electron chi connectivity index (χ2n) is 4.41. The molecule has 1 unspecified atom stereocenters. The summed E-state index contributed by atoms with van der Waals surface area (Å²) in [7, 11) is 0. The molecule has 0 radical (unpaired) electrons. The van der Waals surface area contributed by atoms with Gasteiger partial charge in [0.25, 0.3) is 0 Å². The monoisotopic (exact) mass is 220 g/mol. The molecule has 1 aliphatic rings. The predicted octanol–water partition coefficient (Wildman–Crippen LogP) is 3.23. The number of hydrogen-bond donors (Lipinski definition) is 1. The van der Waals surface area contributed by atoms with Crippen LogP contribution in [0.25, 0.3) is 0 Å². The van der Waals surface area contributed by atoms with Crippen LogP contribution < -0.4 is 0 Å². The quantitative estimate of drug-likeness (QED) is 0.759. The average Bonchev–Trinajstić information content (AvgIpc) is 2.46. The van der Waals surface area contributed by atoms with Crippen LogP contribution in [0.15, 0.2) is 35.9 Å². The first-order valence-corrected chi connectivity index (χ1v) is 5.87. The molecular formula is C14H17FO. The largest absolute Gasteiger partial charge is 0.389 e. The molecule has 86 valence electrons. The minimum Gasteiger partial charge on any atom is -0.389 e. The highest BCUT2D eigenvalue weighted by atomic mass is 19.1. The molecule has 16 heavy (non-hydrogen) atoms. The lowest BCUT2D eigenvalue weighted by molar-refractivity contribution is 0.211. The van der Waals surface area contributed by atoms with E-state index < -0.39 is 0 Å². The van der Waals surface area contributed by atoms with E-state index in [2.05, 4.69) is 0 Å². The van der Waals surface area contributed by atoms with Crippen LogP contribution in [0.3, 0.4) is 0 Å². The Hall–Kier alpha value is -1.15. The Morgan fingerprint density at radius 3 is 2.88 bits per heavy atom. The third kappa shape index (κ3) is 2.92. The summed E-state index contributed by atoms with van der Waals surface area (Å²) in [6.07, 6.45) is 6.15. The summed E-state index contributed by atoms with van der Waals surface area (Å²) in [6.45, 7) is 0. The number of hydrogen-bond acceptors (Lipinski definition) is 1. The molecule has 0 fully saturated rings. The van der Waals surface area contributed by atoms with Gasteiger partial charge < -0.3 is 5.11 Å². The van der Waals surface area contributed by atoms with Gasteiger partial charge in [-0.1, -0.05) is 36.3 Å². The van der Waals surface area contributed by atoms with Gasteiger partial charge >= 0.3 is 0 Å². The van der Waals surface area contributed by atoms with E-state index in [9.17, 15) is 9.50 Å². The normalized spacial score (nSPS) is 21.4. The molecule has 1 N–H and O–H groups in total. The molecule has 1 aromatic carbocycles. The number of rotatable bonds is 2. The van der Waals surface area contributed by atoms with Gasteiger partial charge in [0.05, 0.1) is 6.10 Å². The van der Waals surface area contributed by atoms with Crippen LogP contribution >= 0.6 is 0 Å². The lowest BCUT2D eigenvalue weighted by atomic mass is 10.0. The van der Waals surface area contributed by atoms with E-state index in [4.69, 9.17) is 0 Å². The van der Waals surface area contributed by atoms with Crippen molar-refractivity contribution in [2.24, 2.45) is 0 Å². The summed E-state index contributed by atoms with van der Waals surface area (Å²) < 4.78 is 13.5. The van der Waals surface area contributed by atoms with E-state index in [1.54, 1.807) is 6.07 Å². The number of aliphatic hydroxyl groups excluding tert-OH is 1. The van der Waals surface area contributed by atoms with Crippen LogP contribution in [0.5, 0.6) is 0 Å². The van der Waals surface area contributed by atoms with Gasteiger partial charge in [-0.15, -0.1) is 0 Å². The van der Waals surface area contributed by atoms with Crippen LogP contribution in [-0.2, 0) is 6.42 Å². The summed E-state index contributed by atoms with van der Waals surface area (Å²) in [5, 5.41) is 9.64. The zero-order valence-corrected chi connectivity index (χ0v) is 9.32. The van der Waals surface area contributed by atoms with Crippen molar-refractivity contribution in [2.45, 2.75) is 38.2 Å². The van der Waals surface area contributed by atoms with Gasteiger partial charge in [-0.2, -0.15) is 0 Å². The standard InChI is InChI=1S/C14H17FO/c15-14-8-4-2-6-12(14)9-11-5-1-3-7-13(16)10-11/h2,4,6,8,10,13,16H,1,3,5,7,9H2. The number of benzene rings is 1. The van der Waals surface area contributed by atoms with Crippen molar-refractivity contribution in [3.63, 3.8) is 0 Å². The van der Waals surface area contributed by atoms with E-state index in [1.165, 1.54) is 6.07 Å². The average molecular weight is 220 g/mol. The van der Waals surface area contributed by atoms with Crippen LogP contribution in [-0.4, -0.2) is 11.2 Å². The molecule has 1 aliphatic carbocycles. The number of aliphatic hydroxyl groups is 1. The SMILES string of the molecule is OC1C=C(Cc2ccccc2F)CCCC1. The first-order chi connectivity index (χ1) is 7.75. The van der Waals surface area contributed by atoms with E-state index in [-0.39, 0.29) is 11.9 Å². The molecule has 0 saturated carbocycles. The lowest BCUT2D eigenvalue weighted by Crippen LogP contribution is -2.01. The Morgan fingerprint density at radius 2 is 2.06 bits per heavy atom. The molecule has 0 heterocycles. The maximum absolute atomic E-state index is 13.5. The van der Waals surface area contributed by atoms with Crippen molar-refractivity contribution in [1.82, 2.24) is 0 Å². The third-order valence-corrected chi connectivity index (χ3v) is 3.05. The van der Waals surface area contributed by atoms with Gasteiger partial charge in [-0.25, -0.2) is 4.39 Å². The van der Waals surface area contributed by atoms with Gasteiger partial charge in [0.2, 0.25) is 0 Å². The second kappa shape index (κ2) is 5.26. The smallest absolute Gasteiger partial charge is 0.126 e. The van der Waals surface area contributed by atoms with Crippen molar-refractivity contribution in [1.29, 1.82) is 0 Å². The van der Waals surface area contributed by atoms with Gasteiger partial charge in [-0.05, 0) is 37.3 Å². The fourth-order valence-corrected chi connectivity index (χ4v) is 2.18. The van der Waals surface area contributed by atoms with Crippen molar-refractivity contribution >= 4 is 0 Å². The topological polar surface area (TPSA) is 20.2 Å².